The van der Waals surface area contributed by atoms with Crippen LogP contribution in [0.5, 0.6) is 0 Å². The van der Waals surface area contributed by atoms with Crippen molar-refractivity contribution in [2.75, 3.05) is 4.90 Å². The van der Waals surface area contributed by atoms with Crippen molar-refractivity contribution in [3.05, 3.63) is 174 Å². The molecule has 9 rings (SSSR count). The van der Waals surface area contributed by atoms with Crippen LogP contribution < -0.4 is 4.90 Å². The van der Waals surface area contributed by atoms with Crippen LogP contribution >= 0.6 is 0 Å². The molecule has 0 saturated heterocycles. The fraction of sp³-hybridized carbons (Fsp3) is 0.106. The van der Waals surface area contributed by atoms with Crippen LogP contribution in [-0.4, -0.2) is 0 Å². The Morgan fingerprint density at radius 3 is 1.80 bits per heavy atom. The van der Waals surface area contributed by atoms with Crippen molar-refractivity contribution in [2.24, 2.45) is 0 Å². The van der Waals surface area contributed by atoms with Gasteiger partial charge < -0.3 is 9.32 Å². The fourth-order valence-corrected chi connectivity index (χ4v) is 8.16. The number of nitrogens with zero attached hydrogens (tertiary/aromatic N) is 1. The van der Waals surface area contributed by atoms with Crippen molar-refractivity contribution in [2.45, 2.75) is 33.1 Å². The van der Waals surface area contributed by atoms with Gasteiger partial charge >= 0.3 is 0 Å². The van der Waals surface area contributed by atoms with E-state index < -0.39 is 0 Å². The van der Waals surface area contributed by atoms with Gasteiger partial charge in [0.25, 0.3) is 0 Å². The lowest BCUT2D eigenvalue weighted by Crippen LogP contribution is -2.17. The summed E-state index contributed by atoms with van der Waals surface area (Å²) in [5.74, 6) is 0. The zero-order valence-corrected chi connectivity index (χ0v) is 28.3. The van der Waals surface area contributed by atoms with Gasteiger partial charge in [0.1, 0.15) is 11.2 Å². The third kappa shape index (κ3) is 4.63. The molecular formula is C47H37NO. The summed E-state index contributed by atoms with van der Waals surface area (Å²) in [5.41, 5.74) is 17.8. The first kappa shape index (κ1) is 29.3. The molecule has 7 aromatic carbocycles. The quantitative estimate of drug-likeness (QED) is 0.188. The van der Waals surface area contributed by atoms with Crippen molar-refractivity contribution in [1.29, 1.82) is 0 Å². The highest BCUT2D eigenvalue weighted by Gasteiger charge is 2.36. The molecule has 0 fully saturated rings. The first-order valence-corrected chi connectivity index (χ1v) is 17.1. The van der Waals surface area contributed by atoms with E-state index in [4.69, 9.17) is 4.42 Å². The summed E-state index contributed by atoms with van der Waals surface area (Å²) in [6.45, 7) is 9.19. The van der Waals surface area contributed by atoms with Gasteiger partial charge in [0.05, 0.1) is 5.69 Å². The number of para-hydroxylation sites is 1. The number of hydrogen-bond acceptors (Lipinski definition) is 2. The van der Waals surface area contributed by atoms with Gasteiger partial charge in [0.2, 0.25) is 0 Å². The van der Waals surface area contributed by atoms with E-state index in [1.165, 1.54) is 61.3 Å². The van der Waals surface area contributed by atoms with Crippen LogP contribution in [0.15, 0.2) is 156 Å². The lowest BCUT2D eigenvalue weighted by atomic mass is 9.82. The summed E-state index contributed by atoms with van der Waals surface area (Å²) in [5, 5.41) is 2.27. The van der Waals surface area contributed by atoms with Crippen LogP contribution in [0, 0.1) is 13.8 Å². The minimum atomic E-state index is -0.106. The second-order valence-corrected chi connectivity index (χ2v) is 13.9. The molecule has 8 aromatic rings. The molecule has 0 bridgehead atoms. The highest BCUT2D eigenvalue weighted by Crippen LogP contribution is 2.51. The maximum absolute atomic E-state index is 6.43. The fourth-order valence-electron chi connectivity index (χ4n) is 8.16. The molecule has 1 heterocycles. The van der Waals surface area contributed by atoms with Crippen LogP contribution in [0.1, 0.15) is 36.1 Å². The van der Waals surface area contributed by atoms with E-state index in [1.807, 2.05) is 12.1 Å². The second kappa shape index (κ2) is 11.1. The van der Waals surface area contributed by atoms with Gasteiger partial charge in [0, 0.05) is 33.6 Å². The van der Waals surface area contributed by atoms with Crippen LogP contribution in [0.25, 0.3) is 55.3 Å². The Kier molecular flexibility index (Phi) is 6.64. The maximum Gasteiger partial charge on any atom is 0.137 e. The van der Waals surface area contributed by atoms with Crippen molar-refractivity contribution >= 4 is 39.0 Å². The lowest BCUT2D eigenvalue weighted by Gasteiger charge is -2.31. The summed E-state index contributed by atoms with van der Waals surface area (Å²) in [7, 11) is 0. The highest BCUT2D eigenvalue weighted by molar-refractivity contribution is 6.06. The molecule has 1 aromatic heterocycles. The third-order valence-corrected chi connectivity index (χ3v) is 10.5. The van der Waals surface area contributed by atoms with Crippen LogP contribution in [0.2, 0.25) is 0 Å². The van der Waals surface area contributed by atoms with Crippen molar-refractivity contribution in [3.63, 3.8) is 0 Å². The van der Waals surface area contributed by atoms with Crippen LogP contribution in [-0.2, 0) is 5.41 Å². The van der Waals surface area contributed by atoms with E-state index in [0.717, 1.165) is 33.3 Å². The maximum atomic E-state index is 6.43. The van der Waals surface area contributed by atoms with E-state index in [-0.39, 0.29) is 5.41 Å². The van der Waals surface area contributed by atoms with Crippen LogP contribution in [0.4, 0.5) is 17.1 Å². The molecule has 0 atom stereocenters. The van der Waals surface area contributed by atoms with E-state index in [0.29, 0.717) is 0 Å². The highest BCUT2D eigenvalue weighted by atomic mass is 16.3. The molecule has 0 N–H and O–H groups in total. The normalized spacial score (nSPS) is 13.1. The Bertz CT molecular complexity index is 2530. The Labute approximate surface area is 287 Å². The zero-order chi connectivity index (χ0) is 33.3. The predicted octanol–water partition coefficient (Wildman–Crippen LogP) is 13.3. The first-order valence-electron chi connectivity index (χ1n) is 17.1. The zero-order valence-electron chi connectivity index (χ0n) is 28.3. The summed E-state index contributed by atoms with van der Waals surface area (Å²) in [6.07, 6.45) is 0. The average Bonchev–Trinajstić information content (AvgIpc) is 3.61. The van der Waals surface area contributed by atoms with E-state index in [9.17, 15) is 0 Å². The molecule has 1 aliphatic carbocycles. The molecule has 0 radical (unpaired) electrons. The molecule has 0 aliphatic heterocycles. The largest absolute Gasteiger partial charge is 0.456 e. The molecule has 1 aliphatic rings. The van der Waals surface area contributed by atoms with Gasteiger partial charge in [0.15, 0.2) is 0 Å². The predicted molar refractivity (Wildman–Crippen MR) is 206 cm³/mol. The van der Waals surface area contributed by atoms with Gasteiger partial charge in [-0.25, -0.2) is 0 Å². The topological polar surface area (TPSA) is 16.4 Å². The molecule has 0 saturated carbocycles. The SMILES string of the molecule is Cc1cc(-c2ccccc2-c2ccccc2)cc(C)c1N(c1ccc2c(c1)C(C)(C)c1ccccc1-2)c1ccc2c(c1)oc1ccccc12. The van der Waals surface area contributed by atoms with Crippen molar-refractivity contribution in [3.8, 4) is 33.4 Å². The van der Waals surface area contributed by atoms with Gasteiger partial charge in [-0.15, -0.1) is 0 Å². The van der Waals surface area contributed by atoms with E-state index in [2.05, 4.69) is 172 Å². The van der Waals surface area contributed by atoms with E-state index >= 15 is 0 Å². The van der Waals surface area contributed by atoms with Crippen molar-refractivity contribution < 1.29 is 4.42 Å². The number of fused-ring (bicyclic) bond motifs is 6. The number of hydrogen-bond donors (Lipinski definition) is 0. The Balaban J connectivity index is 1.24. The minimum absolute atomic E-state index is 0.106. The number of furan rings is 1. The number of anilines is 3. The lowest BCUT2D eigenvalue weighted by molar-refractivity contribution is 0.660. The van der Waals surface area contributed by atoms with Gasteiger partial charge in [-0.1, -0.05) is 117 Å². The monoisotopic (exact) mass is 631 g/mol. The Morgan fingerprint density at radius 1 is 0.449 bits per heavy atom. The molecule has 2 heteroatoms. The molecule has 2 nitrogen and oxygen atoms in total. The summed E-state index contributed by atoms with van der Waals surface area (Å²) in [4.78, 5) is 2.43. The third-order valence-electron chi connectivity index (χ3n) is 10.5. The summed E-state index contributed by atoms with van der Waals surface area (Å²) >= 11 is 0. The second-order valence-electron chi connectivity index (χ2n) is 13.9. The molecule has 0 amide bonds. The Morgan fingerprint density at radius 2 is 1.02 bits per heavy atom. The standard InChI is InChI=1S/C47H37NO/c1-30-26-33(37-17-9-8-16-36(37)32-14-6-5-7-15-32)27-31(2)46(30)48(35-23-25-41-40-19-11-13-21-44(40)49-45(41)29-35)34-22-24-39-38-18-10-12-20-42(38)47(3,4)43(39)28-34/h5-29H,1-4H3. The molecule has 49 heavy (non-hydrogen) atoms. The van der Waals surface area contributed by atoms with Gasteiger partial charge in [-0.2, -0.15) is 0 Å². The van der Waals surface area contributed by atoms with Crippen molar-refractivity contribution in [1.82, 2.24) is 0 Å². The minimum Gasteiger partial charge on any atom is -0.456 e. The smallest absolute Gasteiger partial charge is 0.137 e. The number of aryl methyl sites for hydroxylation is 2. The molecule has 236 valence electrons. The number of rotatable bonds is 5. The molecular weight excluding hydrogens is 595 g/mol. The summed E-state index contributed by atoms with van der Waals surface area (Å²) in [6, 6.07) is 54.9. The average molecular weight is 632 g/mol. The molecule has 0 spiro atoms. The Hall–Kier alpha value is -5.86. The number of benzene rings is 7. The summed E-state index contributed by atoms with van der Waals surface area (Å²) < 4.78 is 6.43. The van der Waals surface area contributed by atoms with E-state index in [1.54, 1.807) is 0 Å². The van der Waals surface area contributed by atoms with Crippen LogP contribution in [0.3, 0.4) is 0 Å². The van der Waals surface area contributed by atoms with Gasteiger partial charge in [-0.3, -0.25) is 0 Å². The van der Waals surface area contributed by atoms with Gasteiger partial charge in [-0.05, 0) is 112 Å². The molecule has 0 unspecified atom stereocenters. The first-order chi connectivity index (χ1) is 23.9.